The number of amides is 1. The van der Waals surface area contributed by atoms with Crippen LogP contribution in [0.3, 0.4) is 0 Å². The Morgan fingerprint density at radius 3 is 2.07 bits per heavy atom. The maximum absolute atomic E-state index is 12.6. The van der Waals surface area contributed by atoms with Crippen LogP contribution in [0, 0.1) is 0 Å². The van der Waals surface area contributed by atoms with E-state index in [0.29, 0.717) is 6.42 Å². The number of primary amides is 1. The zero-order chi connectivity index (χ0) is 21.6. The van der Waals surface area contributed by atoms with Crippen LogP contribution >= 0.6 is 0 Å². The number of hydrogen-bond acceptors (Lipinski definition) is 4. The van der Waals surface area contributed by atoms with E-state index in [1.165, 1.54) is 5.56 Å². The zero-order valence-corrected chi connectivity index (χ0v) is 18.5. The van der Waals surface area contributed by atoms with Crippen molar-refractivity contribution in [2.45, 2.75) is 37.8 Å². The Labute approximate surface area is 180 Å². The monoisotopic (exact) mass is 409 g/mol. The van der Waals surface area contributed by atoms with Gasteiger partial charge in [-0.15, -0.1) is 0 Å². The quantitative estimate of drug-likeness (QED) is 0.692. The van der Waals surface area contributed by atoms with Crippen molar-refractivity contribution in [3.05, 3.63) is 71.8 Å². The summed E-state index contributed by atoms with van der Waals surface area (Å²) in [5, 5.41) is 0. The topological polar surface area (TPSA) is 58.8 Å². The summed E-state index contributed by atoms with van der Waals surface area (Å²) < 4.78 is 5.81. The Morgan fingerprint density at radius 2 is 1.53 bits per heavy atom. The summed E-state index contributed by atoms with van der Waals surface area (Å²) in [5.74, 6) is -0.439. The molecule has 30 heavy (non-hydrogen) atoms. The summed E-state index contributed by atoms with van der Waals surface area (Å²) >= 11 is 0. The van der Waals surface area contributed by atoms with Crippen molar-refractivity contribution in [2.75, 3.05) is 39.8 Å². The fraction of sp³-hybridized carbons (Fsp3) is 0.480. The third-order valence-electron chi connectivity index (χ3n) is 6.46. The summed E-state index contributed by atoms with van der Waals surface area (Å²) in [6.45, 7) is 9.44. The van der Waals surface area contributed by atoms with Crippen molar-refractivity contribution >= 4 is 5.91 Å². The third kappa shape index (κ3) is 5.09. The standard InChI is InChI=1S/C25H35N3O2/c1-24(2,20-25(30-3,23(26)29)22-12-8-5-9-13-22)28-18-16-27(17-19-28)15-14-21-10-6-4-7-11-21/h4-13H,14-20H2,1-3H3,(H2,26,29). The Hall–Kier alpha value is -2.21. The highest BCUT2D eigenvalue weighted by Gasteiger charge is 2.45. The number of piperazine rings is 1. The van der Waals surface area contributed by atoms with Crippen LogP contribution in [0.1, 0.15) is 31.4 Å². The number of benzene rings is 2. The Bertz CT molecular complexity index is 802. The molecule has 162 valence electrons. The van der Waals surface area contributed by atoms with Crippen molar-refractivity contribution in [3.8, 4) is 0 Å². The van der Waals surface area contributed by atoms with E-state index >= 15 is 0 Å². The Morgan fingerprint density at radius 1 is 0.967 bits per heavy atom. The van der Waals surface area contributed by atoms with Crippen molar-refractivity contribution < 1.29 is 9.53 Å². The average molecular weight is 410 g/mol. The molecule has 1 fully saturated rings. The maximum atomic E-state index is 12.6. The molecule has 1 aliphatic rings. The fourth-order valence-corrected chi connectivity index (χ4v) is 4.56. The number of nitrogens with two attached hydrogens (primary N) is 1. The normalized spacial score (nSPS) is 18.1. The molecular weight excluding hydrogens is 374 g/mol. The lowest BCUT2D eigenvalue weighted by molar-refractivity contribution is -0.147. The second-order valence-electron chi connectivity index (χ2n) is 8.81. The molecule has 0 spiro atoms. The van der Waals surface area contributed by atoms with Gasteiger partial charge in [0.25, 0.3) is 5.91 Å². The minimum Gasteiger partial charge on any atom is -0.367 e. The molecule has 0 saturated carbocycles. The highest BCUT2D eigenvalue weighted by molar-refractivity contribution is 5.85. The van der Waals surface area contributed by atoms with Crippen LogP contribution in [0.2, 0.25) is 0 Å². The third-order valence-corrected chi connectivity index (χ3v) is 6.46. The van der Waals surface area contributed by atoms with Crippen molar-refractivity contribution in [3.63, 3.8) is 0 Å². The molecule has 1 unspecified atom stereocenters. The van der Waals surface area contributed by atoms with Crippen molar-refractivity contribution in [2.24, 2.45) is 5.73 Å². The SMILES string of the molecule is COC(CC(C)(C)N1CCN(CCc2ccccc2)CC1)(C(N)=O)c1ccccc1. The van der Waals surface area contributed by atoms with Gasteiger partial charge in [0.05, 0.1) is 0 Å². The number of carbonyl (C=O) groups is 1. The summed E-state index contributed by atoms with van der Waals surface area (Å²) in [5.41, 5.74) is 6.72. The zero-order valence-electron chi connectivity index (χ0n) is 18.5. The number of hydrogen-bond donors (Lipinski definition) is 1. The van der Waals surface area contributed by atoms with Crippen LogP contribution in [0.5, 0.6) is 0 Å². The lowest BCUT2D eigenvalue weighted by Crippen LogP contribution is -2.58. The lowest BCUT2D eigenvalue weighted by atomic mass is 9.80. The van der Waals surface area contributed by atoms with Gasteiger partial charge in [-0.25, -0.2) is 0 Å². The van der Waals surface area contributed by atoms with E-state index in [1.54, 1.807) is 7.11 Å². The second kappa shape index (κ2) is 9.73. The van der Waals surface area contributed by atoms with E-state index in [2.05, 4.69) is 54.0 Å². The molecular formula is C25H35N3O2. The highest BCUT2D eigenvalue weighted by atomic mass is 16.5. The number of ether oxygens (including phenoxy) is 1. The molecule has 1 heterocycles. The first-order chi connectivity index (χ1) is 14.4. The Balaban J connectivity index is 1.63. The van der Waals surface area contributed by atoms with Crippen LogP contribution in [0.25, 0.3) is 0 Å². The van der Waals surface area contributed by atoms with Gasteiger partial charge in [-0.3, -0.25) is 9.69 Å². The van der Waals surface area contributed by atoms with Gasteiger partial charge in [0.15, 0.2) is 5.60 Å². The molecule has 5 nitrogen and oxygen atoms in total. The highest BCUT2D eigenvalue weighted by Crippen LogP contribution is 2.36. The van der Waals surface area contributed by atoms with Gasteiger partial charge in [-0.2, -0.15) is 0 Å². The smallest absolute Gasteiger partial charge is 0.254 e. The molecule has 1 atom stereocenters. The van der Waals surface area contributed by atoms with Crippen molar-refractivity contribution in [1.82, 2.24) is 9.80 Å². The number of carbonyl (C=O) groups excluding carboxylic acids is 1. The molecule has 5 heteroatoms. The van der Waals surface area contributed by atoms with Gasteiger partial charge in [0.1, 0.15) is 0 Å². The molecule has 0 aliphatic carbocycles. The van der Waals surface area contributed by atoms with Gasteiger partial charge in [0, 0.05) is 51.8 Å². The van der Waals surface area contributed by atoms with E-state index in [9.17, 15) is 4.79 Å². The molecule has 3 rings (SSSR count). The van der Waals surface area contributed by atoms with Gasteiger partial charge < -0.3 is 15.4 Å². The molecule has 2 aromatic rings. The number of rotatable bonds is 9. The maximum Gasteiger partial charge on any atom is 0.254 e. The van der Waals surface area contributed by atoms with Crippen LogP contribution in [-0.4, -0.2) is 61.1 Å². The molecule has 1 saturated heterocycles. The van der Waals surface area contributed by atoms with Crippen LogP contribution in [0.4, 0.5) is 0 Å². The molecule has 1 amide bonds. The van der Waals surface area contributed by atoms with E-state index in [-0.39, 0.29) is 5.54 Å². The predicted molar refractivity (Wildman–Crippen MR) is 121 cm³/mol. The first-order valence-electron chi connectivity index (χ1n) is 10.8. The predicted octanol–water partition coefficient (Wildman–Crippen LogP) is 3.04. The van der Waals surface area contributed by atoms with E-state index in [0.717, 1.165) is 44.7 Å². The first kappa shape index (κ1) is 22.5. The second-order valence-corrected chi connectivity index (χ2v) is 8.81. The first-order valence-corrected chi connectivity index (χ1v) is 10.8. The molecule has 1 aliphatic heterocycles. The molecule has 0 aromatic heterocycles. The summed E-state index contributed by atoms with van der Waals surface area (Å²) in [6.07, 6.45) is 1.59. The van der Waals surface area contributed by atoms with Gasteiger partial charge >= 0.3 is 0 Å². The van der Waals surface area contributed by atoms with Crippen LogP contribution < -0.4 is 5.73 Å². The molecule has 2 N–H and O–H groups in total. The molecule has 0 bridgehead atoms. The number of methoxy groups -OCH3 is 1. The van der Waals surface area contributed by atoms with E-state index < -0.39 is 11.5 Å². The van der Waals surface area contributed by atoms with Crippen LogP contribution in [-0.2, 0) is 21.6 Å². The average Bonchev–Trinajstić information content (AvgIpc) is 2.77. The Kier molecular flexibility index (Phi) is 7.29. The van der Waals surface area contributed by atoms with Gasteiger partial charge in [-0.1, -0.05) is 60.7 Å². The molecule has 2 aromatic carbocycles. The lowest BCUT2D eigenvalue weighted by Gasteiger charge is -2.47. The van der Waals surface area contributed by atoms with Gasteiger partial charge in [-0.05, 0) is 31.4 Å². The number of nitrogens with zero attached hydrogens (tertiary/aromatic N) is 2. The minimum absolute atomic E-state index is 0.230. The fourth-order valence-electron chi connectivity index (χ4n) is 4.56. The van der Waals surface area contributed by atoms with Crippen LogP contribution in [0.15, 0.2) is 60.7 Å². The summed E-state index contributed by atoms with van der Waals surface area (Å²) in [7, 11) is 1.58. The van der Waals surface area contributed by atoms with E-state index in [4.69, 9.17) is 10.5 Å². The minimum atomic E-state index is -1.13. The largest absolute Gasteiger partial charge is 0.367 e. The summed E-state index contributed by atoms with van der Waals surface area (Å²) in [6, 6.07) is 20.3. The van der Waals surface area contributed by atoms with Crippen molar-refractivity contribution in [1.29, 1.82) is 0 Å². The molecule has 0 radical (unpaired) electrons. The van der Waals surface area contributed by atoms with Gasteiger partial charge in [0.2, 0.25) is 0 Å². The van der Waals surface area contributed by atoms with E-state index in [1.807, 2.05) is 30.3 Å². The summed E-state index contributed by atoms with van der Waals surface area (Å²) in [4.78, 5) is 17.5.